The van der Waals surface area contributed by atoms with Gasteiger partial charge in [0.2, 0.25) is 5.78 Å². The van der Waals surface area contributed by atoms with Crippen molar-refractivity contribution in [2.45, 2.75) is 30.6 Å². The molecule has 3 aliphatic rings. The van der Waals surface area contributed by atoms with E-state index in [1.54, 1.807) is 0 Å². The van der Waals surface area contributed by atoms with Gasteiger partial charge >= 0.3 is 0 Å². The maximum Gasteiger partial charge on any atom is 0.255 e. The number of Topliss-reactive ketones (excluding diaryl/α,β-unsaturated/α-hetero) is 2. The summed E-state index contributed by atoms with van der Waals surface area (Å²) in [5, 5.41) is 55.2. The van der Waals surface area contributed by atoms with E-state index in [1.807, 2.05) is 0 Å². The van der Waals surface area contributed by atoms with Crippen molar-refractivity contribution in [1.82, 2.24) is 4.90 Å². The Morgan fingerprint density at radius 1 is 1.18 bits per heavy atom. The van der Waals surface area contributed by atoms with Gasteiger partial charge in [-0.3, -0.25) is 19.3 Å². The van der Waals surface area contributed by atoms with E-state index in [1.165, 1.54) is 38.1 Å². The van der Waals surface area contributed by atoms with Gasteiger partial charge < -0.3 is 31.3 Å². The molecule has 3 aliphatic carbocycles. The Kier molecular flexibility index (Phi) is 6.08. The fourth-order valence-electron chi connectivity index (χ4n) is 5.58. The molecule has 0 bridgehead atoms. The maximum atomic E-state index is 13.7. The molecule has 0 spiro atoms. The minimum absolute atomic E-state index is 0. The van der Waals surface area contributed by atoms with Gasteiger partial charge in [0.25, 0.3) is 5.91 Å². The lowest BCUT2D eigenvalue weighted by Gasteiger charge is -2.53. The van der Waals surface area contributed by atoms with Gasteiger partial charge in [-0.15, -0.1) is 12.4 Å². The van der Waals surface area contributed by atoms with Gasteiger partial charge in [-0.05, 0) is 39.6 Å². The molecule has 7 N–H and O–H groups in total. The molecule has 0 unspecified atom stereocenters. The first kappa shape index (κ1) is 26.0. The second-order valence-corrected chi connectivity index (χ2v) is 9.48. The number of phenolic OH excluding ortho intramolecular Hbond substituents is 1. The molecule has 0 radical (unpaired) electrons. The number of carbonyl (C=O) groups is 3. The first-order valence-electron chi connectivity index (χ1n) is 10.1. The molecule has 1 saturated carbocycles. The van der Waals surface area contributed by atoms with Crippen LogP contribution in [0.1, 0.15) is 24.5 Å². The molecular weight excluding hydrogens is 491 g/mol. The van der Waals surface area contributed by atoms with E-state index >= 15 is 0 Å². The van der Waals surface area contributed by atoms with Crippen LogP contribution in [-0.4, -0.2) is 73.6 Å². The number of fused-ring (bicyclic) bond motifs is 3. The predicted molar refractivity (Wildman–Crippen MR) is 122 cm³/mol. The predicted octanol–water partition coefficient (Wildman–Crippen LogP) is 0.704. The summed E-state index contributed by atoms with van der Waals surface area (Å²) < 4.78 is 0. The van der Waals surface area contributed by atoms with Crippen molar-refractivity contribution in [2.75, 3.05) is 14.1 Å². The van der Waals surface area contributed by atoms with E-state index in [0.717, 1.165) is 0 Å². The molecule has 1 amide bonds. The fourth-order valence-corrected chi connectivity index (χ4v) is 5.93. The largest absolute Gasteiger partial charge is 0.508 e. The minimum Gasteiger partial charge on any atom is -0.508 e. The van der Waals surface area contributed by atoms with Crippen LogP contribution in [0.5, 0.6) is 5.75 Å². The molecule has 12 heteroatoms. The first-order valence-corrected chi connectivity index (χ1v) is 10.5. The van der Waals surface area contributed by atoms with Gasteiger partial charge in [0, 0.05) is 28.0 Å². The van der Waals surface area contributed by atoms with Crippen molar-refractivity contribution in [3.63, 3.8) is 0 Å². The Labute approximate surface area is 205 Å². The van der Waals surface area contributed by atoms with Gasteiger partial charge in [0.05, 0.1) is 17.2 Å². The number of benzene rings is 1. The van der Waals surface area contributed by atoms with Crippen molar-refractivity contribution in [2.24, 2.45) is 17.6 Å². The van der Waals surface area contributed by atoms with Crippen molar-refractivity contribution < 1.29 is 39.9 Å². The molecule has 0 heterocycles. The number of ketones is 2. The Hall–Kier alpha value is -2.63. The highest BCUT2D eigenvalue weighted by Gasteiger charge is 2.66. The molecule has 4 rings (SSSR count). The smallest absolute Gasteiger partial charge is 0.255 e. The summed E-state index contributed by atoms with van der Waals surface area (Å²) in [4.78, 5) is 40.1. The zero-order valence-corrected chi connectivity index (χ0v) is 19.9. The highest BCUT2D eigenvalue weighted by molar-refractivity contribution is 6.32. The van der Waals surface area contributed by atoms with Crippen LogP contribution in [0, 0.1) is 11.8 Å². The molecule has 1 fully saturated rings. The normalized spacial score (nSPS) is 32.7. The average Bonchev–Trinajstić information content (AvgIpc) is 2.69. The minimum atomic E-state index is -2.78. The summed E-state index contributed by atoms with van der Waals surface area (Å²) >= 11 is 6.28. The Morgan fingerprint density at radius 2 is 1.76 bits per heavy atom. The second-order valence-electron chi connectivity index (χ2n) is 9.08. The molecular formula is C22H24Cl2N2O8. The quantitative estimate of drug-likeness (QED) is 0.309. The highest BCUT2D eigenvalue weighted by atomic mass is 35.5. The number of aliphatic hydroxyl groups is 4. The number of hydrogen-bond acceptors (Lipinski definition) is 9. The summed E-state index contributed by atoms with van der Waals surface area (Å²) in [5.41, 5.74) is -1.10. The molecule has 0 aliphatic heterocycles. The number of phenols is 1. The molecule has 1 aromatic rings. The zero-order valence-electron chi connectivity index (χ0n) is 18.4. The van der Waals surface area contributed by atoms with Gasteiger partial charge in [0.15, 0.2) is 11.4 Å². The number of primary amides is 1. The van der Waals surface area contributed by atoms with Crippen molar-refractivity contribution in [3.05, 3.63) is 45.2 Å². The van der Waals surface area contributed by atoms with Crippen LogP contribution in [0.3, 0.4) is 0 Å². The monoisotopic (exact) mass is 514 g/mol. The summed E-state index contributed by atoms with van der Waals surface area (Å²) in [5.74, 6) is -8.30. The number of likely N-dealkylation sites (N-methyl/N-ethyl adjacent to an activating group) is 1. The Bertz CT molecular complexity index is 1210. The third-order valence-corrected chi connectivity index (χ3v) is 7.39. The van der Waals surface area contributed by atoms with Gasteiger partial charge in [-0.2, -0.15) is 0 Å². The number of hydrogen-bond donors (Lipinski definition) is 6. The van der Waals surface area contributed by atoms with Gasteiger partial charge in [0.1, 0.15) is 22.8 Å². The summed E-state index contributed by atoms with van der Waals surface area (Å²) in [6, 6.07) is 1.24. The topological polar surface area (TPSA) is 182 Å². The SMILES string of the molecule is CN(C)[C@@H]1C(=O)C(C(N)=O)=C(O)[C@@]2(O)C(=O)C3=C(O)c4c(O)ccc(Cl)c4[C@@](C)(O)[C@H]3C[C@@H]12.Cl. The van der Waals surface area contributed by atoms with Crippen LogP contribution in [0.4, 0.5) is 0 Å². The lowest BCUT2D eigenvalue weighted by Crippen LogP contribution is -2.67. The number of nitrogens with two attached hydrogens (primary N) is 1. The maximum absolute atomic E-state index is 13.7. The molecule has 1 aromatic carbocycles. The van der Waals surface area contributed by atoms with E-state index in [0.29, 0.717) is 0 Å². The Morgan fingerprint density at radius 3 is 2.29 bits per heavy atom. The van der Waals surface area contributed by atoms with Crippen LogP contribution < -0.4 is 5.73 Å². The van der Waals surface area contributed by atoms with Crippen LogP contribution in [0.2, 0.25) is 5.02 Å². The fraction of sp³-hybridized carbons (Fsp3) is 0.409. The standard InChI is InChI=1S/C22H23ClN2O8.ClH/c1-21(32)7-6-8-15(25(2)3)17(28)13(20(24)31)19(30)22(8,33)18(29)11(7)16(27)12-10(26)5-4-9(23)14(12)21;/h4-5,7-8,15,26-27,30,32-33H,6H2,1-3H3,(H2,24,31);1H/t7-,8-,15-,21-,22-;/m0./s1. The number of rotatable bonds is 2. The number of aromatic hydroxyl groups is 1. The molecule has 0 saturated heterocycles. The van der Waals surface area contributed by atoms with Crippen molar-refractivity contribution >= 4 is 47.2 Å². The first-order chi connectivity index (χ1) is 15.2. The summed E-state index contributed by atoms with van der Waals surface area (Å²) in [7, 11) is 2.97. The number of amides is 1. The average molecular weight is 515 g/mol. The number of aliphatic hydroxyl groups excluding tert-OH is 2. The summed E-state index contributed by atoms with van der Waals surface area (Å²) in [6.45, 7) is 1.34. The Balaban J connectivity index is 0.00000324. The van der Waals surface area contributed by atoms with Crippen LogP contribution >= 0.6 is 24.0 Å². The van der Waals surface area contributed by atoms with E-state index in [2.05, 4.69) is 0 Å². The third kappa shape index (κ3) is 3.03. The number of nitrogens with zero attached hydrogens (tertiary/aromatic N) is 1. The molecule has 184 valence electrons. The van der Waals surface area contributed by atoms with Gasteiger partial charge in [-0.25, -0.2) is 0 Å². The molecule has 34 heavy (non-hydrogen) atoms. The lowest BCUT2D eigenvalue weighted by molar-refractivity contribution is -0.159. The second kappa shape index (κ2) is 7.96. The molecule has 10 nitrogen and oxygen atoms in total. The highest BCUT2D eigenvalue weighted by Crippen LogP contribution is 2.58. The van der Waals surface area contributed by atoms with E-state index in [9.17, 15) is 39.9 Å². The third-order valence-electron chi connectivity index (χ3n) is 7.07. The van der Waals surface area contributed by atoms with Crippen LogP contribution in [0.15, 0.2) is 29.0 Å². The van der Waals surface area contributed by atoms with E-state index in [-0.39, 0.29) is 35.0 Å². The molecule has 0 aromatic heterocycles. The van der Waals surface area contributed by atoms with Crippen LogP contribution in [0.25, 0.3) is 5.76 Å². The number of carbonyl (C=O) groups excluding carboxylic acids is 3. The van der Waals surface area contributed by atoms with Crippen LogP contribution in [-0.2, 0) is 20.0 Å². The van der Waals surface area contributed by atoms with Crippen molar-refractivity contribution in [3.8, 4) is 5.75 Å². The summed E-state index contributed by atoms with van der Waals surface area (Å²) in [6.07, 6.45) is -0.259. The number of halogens is 2. The van der Waals surface area contributed by atoms with Crippen molar-refractivity contribution in [1.29, 1.82) is 0 Å². The van der Waals surface area contributed by atoms with E-state index in [4.69, 9.17) is 17.3 Å². The lowest BCUT2D eigenvalue weighted by atomic mass is 9.54. The zero-order chi connectivity index (χ0) is 24.8. The van der Waals surface area contributed by atoms with Gasteiger partial charge in [-0.1, -0.05) is 11.6 Å². The molecule has 5 atom stereocenters. The van der Waals surface area contributed by atoms with E-state index < -0.39 is 75.0 Å².